The molecule has 2 atom stereocenters. The van der Waals surface area contributed by atoms with Crippen LogP contribution in [0.15, 0.2) is 12.1 Å². The van der Waals surface area contributed by atoms with Crippen LogP contribution in [0.4, 0.5) is 4.79 Å². The van der Waals surface area contributed by atoms with Gasteiger partial charge in [0.15, 0.2) is 0 Å². The quantitative estimate of drug-likeness (QED) is 0.616. The van der Waals surface area contributed by atoms with Gasteiger partial charge in [-0.1, -0.05) is 0 Å². The lowest BCUT2D eigenvalue weighted by molar-refractivity contribution is -0.145. The Morgan fingerprint density at radius 2 is 2.32 bits per heavy atom. The number of nitrogens with one attached hydrogen (secondary N) is 1. The van der Waals surface area contributed by atoms with Crippen molar-refractivity contribution in [3.63, 3.8) is 0 Å². The average molecular weight is 282 g/mol. The molecule has 1 fully saturated rings. The van der Waals surface area contributed by atoms with Crippen molar-refractivity contribution in [3.8, 4) is 0 Å². The van der Waals surface area contributed by atoms with Crippen molar-refractivity contribution in [1.82, 2.24) is 5.32 Å². The first kappa shape index (κ1) is 13.9. The number of primary amides is 1. The van der Waals surface area contributed by atoms with Gasteiger partial charge < -0.3 is 15.8 Å². The highest BCUT2D eigenvalue weighted by molar-refractivity contribution is 7.12. The molecule has 1 aliphatic carbocycles. The third kappa shape index (κ3) is 3.96. The van der Waals surface area contributed by atoms with Crippen LogP contribution in [0.2, 0.25) is 0 Å². The number of hydrogen-bond donors (Lipinski definition) is 2. The number of rotatable bonds is 6. The Kier molecular flexibility index (Phi) is 4.42. The van der Waals surface area contributed by atoms with Gasteiger partial charge >= 0.3 is 12.0 Å². The fourth-order valence-electron chi connectivity index (χ4n) is 1.99. The molecule has 2 amide bonds. The van der Waals surface area contributed by atoms with E-state index >= 15 is 0 Å². The summed E-state index contributed by atoms with van der Waals surface area (Å²) < 4.78 is 5.18. The molecule has 0 saturated heterocycles. The molecule has 0 aliphatic heterocycles. The summed E-state index contributed by atoms with van der Waals surface area (Å²) in [6.07, 6.45) is 1.47. The van der Waals surface area contributed by atoms with E-state index in [0.29, 0.717) is 25.5 Å². The zero-order valence-corrected chi connectivity index (χ0v) is 11.7. The summed E-state index contributed by atoms with van der Waals surface area (Å²) >= 11 is 1.75. The second-order valence-corrected chi connectivity index (χ2v) is 6.03. The molecule has 2 unspecified atom stereocenters. The van der Waals surface area contributed by atoms with Crippen LogP contribution in [0, 0.1) is 12.8 Å². The van der Waals surface area contributed by atoms with Crippen molar-refractivity contribution in [2.75, 3.05) is 13.2 Å². The van der Waals surface area contributed by atoms with Crippen molar-refractivity contribution < 1.29 is 14.3 Å². The molecule has 104 valence electrons. The summed E-state index contributed by atoms with van der Waals surface area (Å²) in [5, 5.41) is 2.45. The molecule has 1 heterocycles. The zero-order chi connectivity index (χ0) is 13.8. The fraction of sp³-hybridized carbons (Fsp3) is 0.538. The summed E-state index contributed by atoms with van der Waals surface area (Å²) in [6.45, 7) is 2.82. The van der Waals surface area contributed by atoms with Gasteiger partial charge in [0, 0.05) is 22.2 Å². The minimum absolute atomic E-state index is 0.0159. The molecule has 5 nitrogen and oxygen atoms in total. The van der Waals surface area contributed by atoms with Gasteiger partial charge in [0.1, 0.15) is 0 Å². The molecule has 6 heteroatoms. The van der Waals surface area contributed by atoms with Gasteiger partial charge in [0.2, 0.25) is 0 Å². The van der Waals surface area contributed by atoms with Crippen molar-refractivity contribution in [3.05, 3.63) is 21.9 Å². The van der Waals surface area contributed by atoms with E-state index in [1.54, 1.807) is 11.3 Å². The number of carbonyl (C=O) groups excluding carboxylic acids is 2. The number of hydrogen-bond acceptors (Lipinski definition) is 4. The Bertz CT molecular complexity index is 472. The van der Waals surface area contributed by atoms with Crippen LogP contribution < -0.4 is 11.1 Å². The highest BCUT2D eigenvalue weighted by Gasteiger charge is 2.45. The lowest BCUT2D eigenvalue weighted by atomic mass is 10.2. The van der Waals surface area contributed by atoms with E-state index in [0.717, 1.165) is 6.42 Å². The van der Waals surface area contributed by atoms with Crippen LogP contribution in [-0.4, -0.2) is 25.2 Å². The predicted molar refractivity (Wildman–Crippen MR) is 73.1 cm³/mol. The Morgan fingerprint density at radius 1 is 1.53 bits per heavy atom. The van der Waals surface area contributed by atoms with E-state index in [2.05, 4.69) is 24.4 Å². The Balaban J connectivity index is 1.64. The summed E-state index contributed by atoms with van der Waals surface area (Å²) in [5.74, 6) is 0.229. The molecule has 2 rings (SSSR count). The molecule has 1 aromatic rings. The lowest BCUT2D eigenvalue weighted by Crippen LogP contribution is -2.30. The van der Waals surface area contributed by atoms with E-state index < -0.39 is 6.03 Å². The van der Waals surface area contributed by atoms with Crippen LogP contribution in [-0.2, 0) is 9.53 Å². The van der Waals surface area contributed by atoms with E-state index in [9.17, 15) is 9.59 Å². The van der Waals surface area contributed by atoms with Crippen LogP contribution in [0.25, 0.3) is 0 Å². The minimum Gasteiger partial charge on any atom is -0.465 e. The SMILES string of the molecule is Cc1ccc(C2CC2C(=O)OCCCNC(N)=O)s1. The number of aryl methyl sites for hydroxylation is 1. The van der Waals surface area contributed by atoms with Gasteiger partial charge in [0.25, 0.3) is 0 Å². The average Bonchev–Trinajstić information content (AvgIpc) is 3.04. The fourth-order valence-corrected chi connectivity index (χ4v) is 3.04. The molecule has 3 N–H and O–H groups in total. The van der Waals surface area contributed by atoms with Gasteiger partial charge in [0.05, 0.1) is 12.5 Å². The predicted octanol–water partition coefficient (Wildman–Crippen LogP) is 1.76. The highest BCUT2D eigenvalue weighted by Crippen LogP contribution is 2.50. The Hall–Kier alpha value is -1.56. The second-order valence-electron chi connectivity index (χ2n) is 4.71. The monoisotopic (exact) mass is 282 g/mol. The van der Waals surface area contributed by atoms with Crippen molar-refractivity contribution >= 4 is 23.3 Å². The summed E-state index contributed by atoms with van der Waals surface area (Å²) in [7, 11) is 0. The molecular weight excluding hydrogens is 264 g/mol. The minimum atomic E-state index is -0.554. The highest BCUT2D eigenvalue weighted by atomic mass is 32.1. The summed E-state index contributed by atoms with van der Waals surface area (Å²) in [4.78, 5) is 24.7. The van der Waals surface area contributed by atoms with Gasteiger partial charge in [-0.2, -0.15) is 0 Å². The molecule has 0 spiro atoms. The van der Waals surface area contributed by atoms with Crippen LogP contribution >= 0.6 is 11.3 Å². The van der Waals surface area contributed by atoms with Gasteiger partial charge in [-0.05, 0) is 31.9 Å². The number of amides is 2. The van der Waals surface area contributed by atoms with Crippen LogP contribution in [0.3, 0.4) is 0 Å². The van der Waals surface area contributed by atoms with Gasteiger partial charge in [-0.3, -0.25) is 4.79 Å². The van der Waals surface area contributed by atoms with E-state index in [1.807, 2.05) is 0 Å². The third-order valence-corrected chi connectivity index (χ3v) is 4.22. The summed E-state index contributed by atoms with van der Waals surface area (Å²) in [5.41, 5.74) is 4.92. The normalized spacial score (nSPS) is 20.9. The molecule has 1 saturated carbocycles. The van der Waals surface area contributed by atoms with Crippen LogP contribution in [0.1, 0.15) is 28.5 Å². The number of urea groups is 1. The maximum Gasteiger partial charge on any atom is 0.312 e. The van der Waals surface area contributed by atoms with E-state index in [4.69, 9.17) is 10.5 Å². The van der Waals surface area contributed by atoms with E-state index in [1.165, 1.54) is 9.75 Å². The molecule has 0 bridgehead atoms. The smallest absolute Gasteiger partial charge is 0.312 e. The maximum atomic E-state index is 11.8. The number of carbonyl (C=O) groups is 2. The number of ether oxygens (including phenoxy) is 1. The Labute approximate surface area is 116 Å². The first-order chi connectivity index (χ1) is 9.08. The topological polar surface area (TPSA) is 81.4 Å². The standard InChI is InChI=1S/C13H18N2O3S/c1-8-3-4-11(19-8)9-7-10(9)12(16)18-6-2-5-15-13(14)17/h3-4,9-10H,2,5-7H2,1H3,(H3,14,15,17). The lowest BCUT2D eigenvalue weighted by Gasteiger charge is -2.04. The van der Waals surface area contributed by atoms with E-state index in [-0.39, 0.29) is 11.9 Å². The maximum absolute atomic E-state index is 11.8. The second kappa shape index (κ2) is 6.06. The van der Waals surface area contributed by atoms with Crippen LogP contribution in [0.5, 0.6) is 0 Å². The third-order valence-electron chi connectivity index (χ3n) is 3.08. The molecule has 0 radical (unpaired) electrons. The Morgan fingerprint density at radius 3 is 2.95 bits per heavy atom. The summed E-state index contributed by atoms with van der Waals surface area (Å²) in [6, 6.07) is 3.62. The molecular formula is C13H18N2O3S. The zero-order valence-electron chi connectivity index (χ0n) is 10.8. The van der Waals surface area contributed by atoms with Gasteiger partial charge in [-0.15, -0.1) is 11.3 Å². The van der Waals surface area contributed by atoms with Gasteiger partial charge in [-0.25, -0.2) is 4.79 Å². The number of nitrogens with two attached hydrogens (primary N) is 1. The molecule has 1 aromatic heterocycles. The van der Waals surface area contributed by atoms with Crippen molar-refractivity contribution in [2.45, 2.75) is 25.7 Å². The van der Waals surface area contributed by atoms with Crippen molar-refractivity contribution in [2.24, 2.45) is 11.7 Å². The van der Waals surface area contributed by atoms with Crippen molar-refractivity contribution in [1.29, 1.82) is 0 Å². The number of esters is 1. The largest absolute Gasteiger partial charge is 0.465 e. The first-order valence-corrected chi connectivity index (χ1v) is 7.16. The first-order valence-electron chi connectivity index (χ1n) is 6.34. The molecule has 0 aromatic carbocycles. The molecule has 19 heavy (non-hydrogen) atoms. The number of thiophene rings is 1. The molecule has 1 aliphatic rings.